The third kappa shape index (κ3) is 4.35. The lowest BCUT2D eigenvalue weighted by Crippen LogP contribution is -2.18. The number of hydrogen-bond donors (Lipinski definition) is 1. The van der Waals surface area contributed by atoms with Gasteiger partial charge in [-0.05, 0) is 30.2 Å². The molecule has 1 heterocycles. The van der Waals surface area contributed by atoms with Gasteiger partial charge in [0, 0.05) is 22.5 Å². The lowest BCUT2D eigenvalue weighted by Gasteiger charge is -2.14. The molecule has 1 atom stereocenters. The van der Waals surface area contributed by atoms with E-state index in [2.05, 4.69) is 15.5 Å². The van der Waals surface area contributed by atoms with E-state index in [0.717, 1.165) is 11.1 Å². The lowest BCUT2D eigenvalue weighted by atomic mass is 10.1. The number of benzene rings is 2. The van der Waals surface area contributed by atoms with Gasteiger partial charge >= 0.3 is 0 Å². The maximum atomic E-state index is 6.22. The fourth-order valence-corrected chi connectivity index (χ4v) is 2.99. The summed E-state index contributed by atoms with van der Waals surface area (Å²) in [6.45, 7) is 2.50. The zero-order valence-electron chi connectivity index (χ0n) is 13.2. The second-order valence-electron chi connectivity index (χ2n) is 5.54. The predicted molar refractivity (Wildman–Crippen MR) is 95.3 cm³/mol. The van der Waals surface area contributed by atoms with Crippen molar-refractivity contribution < 1.29 is 4.52 Å². The topological polar surface area (TPSA) is 51.0 Å². The summed E-state index contributed by atoms with van der Waals surface area (Å²) >= 11 is 12.2. The monoisotopic (exact) mass is 361 g/mol. The first-order chi connectivity index (χ1) is 11.6. The quantitative estimate of drug-likeness (QED) is 0.683. The molecule has 4 nitrogen and oxygen atoms in total. The van der Waals surface area contributed by atoms with E-state index in [-0.39, 0.29) is 6.04 Å². The Balaban J connectivity index is 1.59. The summed E-state index contributed by atoms with van der Waals surface area (Å²) in [6.07, 6.45) is 0.656. The minimum Gasteiger partial charge on any atom is -0.338 e. The van der Waals surface area contributed by atoms with Gasteiger partial charge in [0.2, 0.25) is 5.89 Å². The molecule has 0 saturated carbocycles. The number of hydrogen-bond acceptors (Lipinski definition) is 4. The van der Waals surface area contributed by atoms with Gasteiger partial charge in [0.05, 0.1) is 6.54 Å². The molecule has 124 valence electrons. The van der Waals surface area contributed by atoms with Gasteiger partial charge in [-0.3, -0.25) is 0 Å². The molecule has 1 N–H and O–H groups in total. The normalized spacial score (nSPS) is 12.3. The minimum atomic E-state index is 0.0410. The molecule has 0 bridgehead atoms. The molecule has 0 fully saturated rings. The van der Waals surface area contributed by atoms with E-state index in [0.29, 0.717) is 34.7 Å². The molecule has 2 aromatic carbocycles. The van der Waals surface area contributed by atoms with Gasteiger partial charge in [-0.15, -0.1) is 0 Å². The third-order valence-corrected chi connectivity index (χ3v) is 4.27. The number of nitrogens with one attached hydrogen (secondary N) is 1. The summed E-state index contributed by atoms with van der Waals surface area (Å²) in [5.74, 6) is 1.23. The van der Waals surface area contributed by atoms with E-state index < -0.39 is 0 Å². The Labute approximate surface area is 150 Å². The molecular weight excluding hydrogens is 345 g/mol. The number of halogens is 2. The van der Waals surface area contributed by atoms with E-state index in [4.69, 9.17) is 27.7 Å². The van der Waals surface area contributed by atoms with Crippen molar-refractivity contribution in [3.8, 4) is 0 Å². The smallest absolute Gasteiger partial charge is 0.240 e. The molecule has 0 amide bonds. The van der Waals surface area contributed by atoms with Gasteiger partial charge in [0.25, 0.3) is 0 Å². The fraction of sp³-hybridized carbons (Fsp3) is 0.222. The van der Waals surface area contributed by atoms with Crippen molar-refractivity contribution in [1.82, 2.24) is 15.5 Å². The lowest BCUT2D eigenvalue weighted by molar-refractivity contribution is 0.357. The first kappa shape index (κ1) is 17.0. The molecule has 0 saturated heterocycles. The average molecular weight is 362 g/mol. The van der Waals surface area contributed by atoms with Crippen molar-refractivity contribution in [3.63, 3.8) is 0 Å². The van der Waals surface area contributed by atoms with Crippen LogP contribution in [0.5, 0.6) is 0 Å². The Kier molecular flexibility index (Phi) is 5.51. The Hall–Kier alpha value is -1.88. The second kappa shape index (κ2) is 7.79. The first-order valence-electron chi connectivity index (χ1n) is 7.65. The molecule has 6 heteroatoms. The van der Waals surface area contributed by atoms with Crippen LogP contribution in [0.25, 0.3) is 0 Å². The van der Waals surface area contributed by atoms with Crippen molar-refractivity contribution in [2.24, 2.45) is 0 Å². The Morgan fingerprint density at radius 2 is 1.92 bits per heavy atom. The van der Waals surface area contributed by atoms with E-state index in [9.17, 15) is 0 Å². The van der Waals surface area contributed by atoms with E-state index in [1.54, 1.807) is 6.07 Å². The zero-order chi connectivity index (χ0) is 16.9. The number of nitrogens with zero attached hydrogens (tertiary/aromatic N) is 2. The third-order valence-electron chi connectivity index (χ3n) is 3.70. The SMILES string of the molecule is CC(NCc1nc(Cc2ccccc2)no1)c1ccc(Cl)cc1Cl. The van der Waals surface area contributed by atoms with Crippen LogP contribution in [0, 0.1) is 0 Å². The average Bonchev–Trinajstić information content (AvgIpc) is 3.01. The van der Waals surface area contributed by atoms with E-state index in [1.807, 2.05) is 49.4 Å². The summed E-state index contributed by atoms with van der Waals surface area (Å²) in [6, 6.07) is 15.6. The van der Waals surface area contributed by atoms with Gasteiger partial charge in [-0.1, -0.05) is 64.8 Å². The molecule has 0 radical (unpaired) electrons. The fourth-order valence-electron chi connectivity index (χ4n) is 2.42. The standard InChI is InChI=1S/C18H17Cl2N3O/c1-12(15-8-7-14(19)10-16(15)20)21-11-18-22-17(23-24-18)9-13-5-3-2-4-6-13/h2-8,10,12,21H,9,11H2,1H3. The summed E-state index contributed by atoms with van der Waals surface area (Å²) in [5, 5.41) is 8.61. The minimum absolute atomic E-state index is 0.0410. The molecule has 0 spiro atoms. The summed E-state index contributed by atoms with van der Waals surface area (Å²) in [5.41, 5.74) is 2.13. The number of aromatic nitrogens is 2. The molecule has 3 rings (SSSR count). The molecule has 0 aliphatic rings. The summed E-state index contributed by atoms with van der Waals surface area (Å²) in [4.78, 5) is 4.41. The highest BCUT2D eigenvalue weighted by Gasteiger charge is 2.12. The molecule has 24 heavy (non-hydrogen) atoms. The van der Waals surface area contributed by atoms with Crippen molar-refractivity contribution >= 4 is 23.2 Å². The van der Waals surface area contributed by atoms with Crippen LogP contribution in [0.1, 0.15) is 35.8 Å². The highest BCUT2D eigenvalue weighted by molar-refractivity contribution is 6.35. The van der Waals surface area contributed by atoms with Gasteiger partial charge < -0.3 is 9.84 Å². The van der Waals surface area contributed by atoms with Crippen LogP contribution in [-0.4, -0.2) is 10.1 Å². The summed E-state index contributed by atoms with van der Waals surface area (Å²) in [7, 11) is 0. The second-order valence-corrected chi connectivity index (χ2v) is 6.38. The van der Waals surface area contributed by atoms with Crippen LogP contribution >= 0.6 is 23.2 Å². The van der Waals surface area contributed by atoms with Crippen molar-refractivity contribution in [3.05, 3.63) is 81.4 Å². The van der Waals surface area contributed by atoms with E-state index >= 15 is 0 Å². The van der Waals surface area contributed by atoms with E-state index in [1.165, 1.54) is 0 Å². The van der Waals surface area contributed by atoms with Gasteiger partial charge in [-0.2, -0.15) is 4.98 Å². The van der Waals surface area contributed by atoms with Crippen LogP contribution in [0.15, 0.2) is 53.1 Å². The Bertz CT molecular complexity index is 805. The van der Waals surface area contributed by atoms with Gasteiger partial charge in [-0.25, -0.2) is 0 Å². The van der Waals surface area contributed by atoms with Crippen molar-refractivity contribution in [2.45, 2.75) is 25.9 Å². The molecule has 1 unspecified atom stereocenters. The van der Waals surface area contributed by atoms with Crippen LogP contribution < -0.4 is 5.32 Å². The summed E-state index contributed by atoms with van der Waals surface area (Å²) < 4.78 is 5.29. The Morgan fingerprint density at radius 1 is 1.12 bits per heavy atom. The van der Waals surface area contributed by atoms with Gasteiger partial charge in [0.15, 0.2) is 5.82 Å². The van der Waals surface area contributed by atoms with Gasteiger partial charge in [0.1, 0.15) is 0 Å². The number of rotatable bonds is 6. The first-order valence-corrected chi connectivity index (χ1v) is 8.41. The largest absolute Gasteiger partial charge is 0.338 e. The molecule has 1 aromatic heterocycles. The van der Waals surface area contributed by atoms with Crippen LogP contribution in [0.3, 0.4) is 0 Å². The van der Waals surface area contributed by atoms with Crippen molar-refractivity contribution in [1.29, 1.82) is 0 Å². The molecule has 0 aliphatic carbocycles. The molecule has 0 aliphatic heterocycles. The Morgan fingerprint density at radius 3 is 2.67 bits per heavy atom. The highest BCUT2D eigenvalue weighted by atomic mass is 35.5. The maximum absolute atomic E-state index is 6.22. The zero-order valence-corrected chi connectivity index (χ0v) is 14.7. The van der Waals surface area contributed by atoms with Crippen LogP contribution in [0.4, 0.5) is 0 Å². The maximum Gasteiger partial charge on any atom is 0.240 e. The predicted octanol–water partition coefficient (Wildman–Crippen LogP) is 4.82. The van der Waals surface area contributed by atoms with Crippen LogP contribution in [0.2, 0.25) is 10.0 Å². The van der Waals surface area contributed by atoms with Crippen molar-refractivity contribution in [2.75, 3.05) is 0 Å². The van der Waals surface area contributed by atoms with Crippen LogP contribution in [-0.2, 0) is 13.0 Å². The molecular formula is C18H17Cl2N3O. The molecule has 3 aromatic rings. The highest BCUT2D eigenvalue weighted by Crippen LogP contribution is 2.26.